The molecule has 1 saturated carbocycles. The molecular weight excluding hydrogens is 400 g/mol. The van der Waals surface area contributed by atoms with E-state index in [1.54, 1.807) is 0 Å². The highest BCUT2D eigenvalue weighted by atomic mass is 79.9. The van der Waals surface area contributed by atoms with Crippen molar-refractivity contribution in [2.45, 2.75) is 38.3 Å². The van der Waals surface area contributed by atoms with Crippen LogP contribution in [0.15, 0.2) is 16.6 Å². The molecule has 2 atom stereocenters. The quantitative estimate of drug-likeness (QED) is 0.785. The zero-order chi connectivity index (χ0) is 18.1. The molecule has 2 aliphatic heterocycles. The molecule has 0 bridgehead atoms. The summed E-state index contributed by atoms with van der Waals surface area (Å²) in [4.78, 5) is 14.9. The molecule has 1 aliphatic carbocycles. The summed E-state index contributed by atoms with van der Waals surface area (Å²) in [5.41, 5.74) is 0.988. The van der Waals surface area contributed by atoms with E-state index in [4.69, 9.17) is 14.2 Å². The smallest absolute Gasteiger partial charge is 0.318 e. The van der Waals surface area contributed by atoms with Gasteiger partial charge in [-0.2, -0.15) is 0 Å². The molecule has 0 aromatic heterocycles. The molecular formula is C19H25BrN2O4. The Labute approximate surface area is 162 Å². The van der Waals surface area contributed by atoms with Crippen LogP contribution >= 0.6 is 15.9 Å². The third kappa shape index (κ3) is 3.93. The standard InChI is InChI=1S/C19H25BrN2O4/c1-12(15-8-17-18(9-16(15)20)26-7-6-25-17)21-19(23)22(14-2-3-14)10-13-4-5-24-11-13/h8-9,12-14H,2-7,10-11H2,1H3,(H,21,23)/t12-,13-/m1/s1. The van der Waals surface area contributed by atoms with Crippen LogP contribution in [-0.4, -0.2) is 49.9 Å². The Morgan fingerprint density at radius 3 is 2.62 bits per heavy atom. The predicted molar refractivity (Wildman–Crippen MR) is 101 cm³/mol. The topological polar surface area (TPSA) is 60.0 Å². The molecule has 2 amide bonds. The second-order valence-corrected chi connectivity index (χ2v) is 8.16. The normalized spacial score (nSPS) is 22.8. The van der Waals surface area contributed by atoms with E-state index in [2.05, 4.69) is 21.2 Å². The van der Waals surface area contributed by atoms with E-state index in [-0.39, 0.29) is 12.1 Å². The number of hydrogen-bond acceptors (Lipinski definition) is 4. The van der Waals surface area contributed by atoms with E-state index in [0.29, 0.717) is 25.2 Å². The third-order valence-electron chi connectivity index (χ3n) is 5.20. The van der Waals surface area contributed by atoms with Gasteiger partial charge in [0.2, 0.25) is 0 Å². The molecule has 2 fully saturated rings. The van der Waals surface area contributed by atoms with Crippen LogP contribution in [0.1, 0.15) is 37.8 Å². The Kier molecular flexibility index (Phi) is 5.27. The summed E-state index contributed by atoms with van der Waals surface area (Å²) in [6.07, 6.45) is 3.24. The lowest BCUT2D eigenvalue weighted by Crippen LogP contribution is -2.44. The molecule has 1 saturated heterocycles. The van der Waals surface area contributed by atoms with Gasteiger partial charge in [-0.05, 0) is 43.9 Å². The summed E-state index contributed by atoms with van der Waals surface area (Å²) in [5.74, 6) is 1.93. The summed E-state index contributed by atoms with van der Waals surface area (Å²) in [5, 5.41) is 3.16. The minimum Gasteiger partial charge on any atom is -0.486 e. The van der Waals surface area contributed by atoms with E-state index < -0.39 is 0 Å². The van der Waals surface area contributed by atoms with Crippen molar-refractivity contribution in [1.29, 1.82) is 0 Å². The van der Waals surface area contributed by atoms with Crippen LogP contribution < -0.4 is 14.8 Å². The molecule has 142 valence electrons. The number of nitrogens with zero attached hydrogens (tertiary/aromatic N) is 1. The Morgan fingerprint density at radius 2 is 1.96 bits per heavy atom. The minimum absolute atomic E-state index is 0.00805. The maximum Gasteiger partial charge on any atom is 0.318 e. The van der Waals surface area contributed by atoms with Gasteiger partial charge in [0.25, 0.3) is 0 Å². The van der Waals surface area contributed by atoms with Crippen LogP contribution in [0.25, 0.3) is 0 Å². The van der Waals surface area contributed by atoms with Gasteiger partial charge < -0.3 is 24.4 Å². The van der Waals surface area contributed by atoms with Gasteiger partial charge in [0.15, 0.2) is 11.5 Å². The highest BCUT2D eigenvalue weighted by Crippen LogP contribution is 2.38. The molecule has 7 heteroatoms. The predicted octanol–water partition coefficient (Wildman–Crippen LogP) is 3.49. The maximum atomic E-state index is 12.9. The maximum absolute atomic E-state index is 12.9. The van der Waals surface area contributed by atoms with Crippen LogP contribution in [0.5, 0.6) is 11.5 Å². The molecule has 6 nitrogen and oxygen atoms in total. The molecule has 0 spiro atoms. The lowest BCUT2D eigenvalue weighted by molar-refractivity contribution is 0.160. The van der Waals surface area contributed by atoms with E-state index in [1.165, 1.54) is 0 Å². The molecule has 1 N–H and O–H groups in total. The van der Waals surface area contributed by atoms with Gasteiger partial charge in [-0.1, -0.05) is 15.9 Å². The first-order valence-electron chi connectivity index (χ1n) is 9.35. The number of urea groups is 1. The lowest BCUT2D eigenvalue weighted by atomic mass is 10.1. The van der Waals surface area contributed by atoms with Crippen molar-refractivity contribution < 1.29 is 19.0 Å². The monoisotopic (exact) mass is 424 g/mol. The molecule has 3 aliphatic rings. The first-order valence-corrected chi connectivity index (χ1v) is 10.1. The number of carbonyl (C=O) groups excluding carboxylic acids is 1. The fourth-order valence-corrected chi connectivity index (χ4v) is 4.21. The third-order valence-corrected chi connectivity index (χ3v) is 5.88. The number of benzene rings is 1. The van der Waals surface area contributed by atoms with E-state index in [9.17, 15) is 4.79 Å². The van der Waals surface area contributed by atoms with Gasteiger partial charge in [0.05, 0.1) is 12.6 Å². The molecule has 2 heterocycles. The SMILES string of the molecule is C[C@@H](NC(=O)N(C[C@H]1CCOC1)C1CC1)c1cc2c(cc1Br)OCCO2. The highest BCUT2D eigenvalue weighted by molar-refractivity contribution is 9.10. The van der Waals surface area contributed by atoms with Crippen molar-refractivity contribution in [3.63, 3.8) is 0 Å². The van der Waals surface area contributed by atoms with Crippen molar-refractivity contribution in [2.24, 2.45) is 5.92 Å². The summed E-state index contributed by atoms with van der Waals surface area (Å²) in [7, 11) is 0. The summed E-state index contributed by atoms with van der Waals surface area (Å²) in [6.45, 7) is 5.47. The Hall–Kier alpha value is -1.47. The van der Waals surface area contributed by atoms with Crippen LogP contribution in [0.3, 0.4) is 0 Å². The van der Waals surface area contributed by atoms with Crippen molar-refractivity contribution in [2.75, 3.05) is 33.0 Å². The van der Waals surface area contributed by atoms with Gasteiger partial charge in [-0.3, -0.25) is 0 Å². The fourth-order valence-electron chi connectivity index (χ4n) is 3.55. The summed E-state index contributed by atoms with van der Waals surface area (Å²) < 4.78 is 17.7. The van der Waals surface area contributed by atoms with Crippen molar-refractivity contribution in [3.8, 4) is 11.5 Å². The van der Waals surface area contributed by atoms with E-state index in [1.807, 2.05) is 24.0 Å². The molecule has 26 heavy (non-hydrogen) atoms. The van der Waals surface area contributed by atoms with Gasteiger partial charge in [0.1, 0.15) is 13.2 Å². The zero-order valence-corrected chi connectivity index (χ0v) is 16.6. The lowest BCUT2D eigenvalue weighted by Gasteiger charge is -2.28. The van der Waals surface area contributed by atoms with E-state index in [0.717, 1.165) is 60.6 Å². The van der Waals surface area contributed by atoms with Gasteiger partial charge in [-0.15, -0.1) is 0 Å². The molecule has 0 radical (unpaired) electrons. The second kappa shape index (κ2) is 7.64. The number of ether oxygens (including phenoxy) is 3. The first-order chi connectivity index (χ1) is 12.6. The van der Waals surface area contributed by atoms with Gasteiger partial charge in [0, 0.05) is 29.6 Å². The van der Waals surface area contributed by atoms with Gasteiger partial charge in [-0.25, -0.2) is 4.79 Å². The molecule has 1 aromatic carbocycles. The van der Waals surface area contributed by atoms with E-state index >= 15 is 0 Å². The molecule has 1 aromatic rings. The second-order valence-electron chi connectivity index (χ2n) is 7.30. The average Bonchev–Trinajstić information content (AvgIpc) is 3.34. The summed E-state index contributed by atoms with van der Waals surface area (Å²) >= 11 is 3.60. The molecule has 0 unspecified atom stereocenters. The van der Waals surface area contributed by atoms with Crippen LogP contribution in [-0.2, 0) is 4.74 Å². The number of hydrogen-bond donors (Lipinski definition) is 1. The largest absolute Gasteiger partial charge is 0.486 e. The average molecular weight is 425 g/mol. The fraction of sp³-hybridized carbons (Fsp3) is 0.632. The Morgan fingerprint density at radius 1 is 1.23 bits per heavy atom. The number of halogens is 1. The van der Waals surface area contributed by atoms with Crippen molar-refractivity contribution in [3.05, 3.63) is 22.2 Å². The number of carbonyl (C=O) groups is 1. The number of rotatable bonds is 5. The van der Waals surface area contributed by atoms with Crippen molar-refractivity contribution >= 4 is 22.0 Å². The minimum atomic E-state index is -0.131. The highest BCUT2D eigenvalue weighted by Gasteiger charge is 2.35. The van der Waals surface area contributed by atoms with Crippen LogP contribution in [0.2, 0.25) is 0 Å². The number of fused-ring (bicyclic) bond motifs is 1. The van der Waals surface area contributed by atoms with Crippen LogP contribution in [0, 0.1) is 5.92 Å². The Balaban J connectivity index is 1.44. The van der Waals surface area contributed by atoms with Crippen molar-refractivity contribution in [1.82, 2.24) is 10.2 Å². The number of nitrogens with one attached hydrogen (secondary N) is 1. The first kappa shape index (κ1) is 17.9. The van der Waals surface area contributed by atoms with Crippen LogP contribution in [0.4, 0.5) is 4.79 Å². The number of amides is 2. The Bertz CT molecular complexity index is 674. The van der Waals surface area contributed by atoms with Gasteiger partial charge >= 0.3 is 6.03 Å². The zero-order valence-electron chi connectivity index (χ0n) is 15.0. The molecule has 4 rings (SSSR count). The summed E-state index contributed by atoms with van der Waals surface area (Å²) in [6, 6.07) is 4.13.